The van der Waals surface area contributed by atoms with Gasteiger partial charge in [0, 0.05) is 24.3 Å². The standard InChI is InChI=1S/C20H16N2O3/c23-18-12-17(22-20(25)15-9-5-2-6-10-15)19(24)11-16(18)21-13-14-7-3-1-4-8-14/h1-12,21H,13H2,(H,22,25). The van der Waals surface area contributed by atoms with Crippen molar-refractivity contribution in [2.75, 3.05) is 0 Å². The summed E-state index contributed by atoms with van der Waals surface area (Å²) in [4.78, 5) is 36.5. The molecule has 25 heavy (non-hydrogen) atoms. The van der Waals surface area contributed by atoms with Crippen LogP contribution in [0.25, 0.3) is 0 Å². The van der Waals surface area contributed by atoms with E-state index in [1.165, 1.54) is 6.08 Å². The first-order valence-electron chi connectivity index (χ1n) is 7.80. The lowest BCUT2D eigenvalue weighted by Gasteiger charge is -2.15. The fraction of sp³-hybridized carbons (Fsp3) is 0.0500. The minimum atomic E-state index is -0.429. The van der Waals surface area contributed by atoms with Gasteiger partial charge in [-0.25, -0.2) is 0 Å². The monoisotopic (exact) mass is 332 g/mol. The van der Waals surface area contributed by atoms with Gasteiger partial charge in [0.05, 0.1) is 11.4 Å². The molecule has 5 nitrogen and oxygen atoms in total. The largest absolute Gasteiger partial charge is 0.378 e. The Hall–Kier alpha value is -3.47. The Balaban J connectivity index is 1.65. The molecule has 0 spiro atoms. The molecular formula is C20H16N2O3. The topological polar surface area (TPSA) is 75.3 Å². The molecule has 0 fully saturated rings. The Morgan fingerprint density at radius 1 is 0.760 bits per heavy atom. The molecule has 1 aliphatic rings. The molecule has 3 rings (SSSR count). The average molecular weight is 332 g/mol. The molecule has 124 valence electrons. The first-order valence-corrected chi connectivity index (χ1v) is 7.80. The Kier molecular flexibility index (Phi) is 4.85. The predicted molar refractivity (Wildman–Crippen MR) is 93.4 cm³/mol. The second-order valence-corrected chi connectivity index (χ2v) is 5.50. The van der Waals surface area contributed by atoms with Crippen molar-refractivity contribution in [3.63, 3.8) is 0 Å². The molecule has 0 atom stereocenters. The van der Waals surface area contributed by atoms with E-state index in [-0.39, 0.29) is 17.2 Å². The molecular weight excluding hydrogens is 316 g/mol. The summed E-state index contributed by atoms with van der Waals surface area (Å²) in [6, 6.07) is 18.1. The van der Waals surface area contributed by atoms with Crippen molar-refractivity contribution < 1.29 is 14.4 Å². The zero-order chi connectivity index (χ0) is 17.6. The summed E-state index contributed by atoms with van der Waals surface area (Å²) < 4.78 is 0. The summed E-state index contributed by atoms with van der Waals surface area (Å²) >= 11 is 0. The zero-order valence-corrected chi connectivity index (χ0v) is 13.4. The molecule has 2 aromatic rings. The van der Waals surface area contributed by atoms with E-state index < -0.39 is 11.7 Å². The van der Waals surface area contributed by atoms with E-state index in [4.69, 9.17) is 0 Å². The molecule has 2 N–H and O–H groups in total. The highest BCUT2D eigenvalue weighted by molar-refractivity contribution is 6.21. The first kappa shape index (κ1) is 16.4. The van der Waals surface area contributed by atoms with Crippen LogP contribution in [-0.2, 0) is 16.1 Å². The van der Waals surface area contributed by atoms with Crippen molar-refractivity contribution in [2.24, 2.45) is 0 Å². The van der Waals surface area contributed by atoms with Gasteiger partial charge in [0.2, 0.25) is 11.6 Å². The van der Waals surface area contributed by atoms with E-state index >= 15 is 0 Å². The Bertz CT molecular complexity index is 868. The highest BCUT2D eigenvalue weighted by atomic mass is 16.2. The van der Waals surface area contributed by atoms with Gasteiger partial charge >= 0.3 is 0 Å². The lowest BCUT2D eigenvalue weighted by molar-refractivity contribution is -0.115. The van der Waals surface area contributed by atoms with Crippen molar-refractivity contribution in [2.45, 2.75) is 6.54 Å². The molecule has 2 aromatic carbocycles. The van der Waals surface area contributed by atoms with Crippen LogP contribution in [0.5, 0.6) is 0 Å². The third-order valence-corrected chi connectivity index (χ3v) is 3.69. The highest BCUT2D eigenvalue weighted by Gasteiger charge is 2.22. The Morgan fingerprint density at radius 3 is 2.00 bits per heavy atom. The van der Waals surface area contributed by atoms with Crippen molar-refractivity contribution in [3.8, 4) is 0 Å². The molecule has 0 aromatic heterocycles. The quantitative estimate of drug-likeness (QED) is 0.823. The van der Waals surface area contributed by atoms with Gasteiger partial charge in [0.15, 0.2) is 0 Å². The third kappa shape index (κ3) is 4.09. The molecule has 1 amide bonds. The maximum Gasteiger partial charge on any atom is 0.255 e. The van der Waals surface area contributed by atoms with Gasteiger partial charge in [0.25, 0.3) is 5.91 Å². The molecule has 0 heterocycles. The van der Waals surface area contributed by atoms with Gasteiger partial charge in [-0.15, -0.1) is 0 Å². The summed E-state index contributed by atoms with van der Waals surface area (Å²) in [5.41, 5.74) is 1.60. The van der Waals surface area contributed by atoms with Gasteiger partial charge in [-0.3, -0.25) is 14.4 Å². The molecule has 0 saturated carbocycles. The lowest BCUT2D eigenvalue weighted by atomic mass is 10.1. The van der Waals surface area contributed by atoms with Crippen LogP contribution >= 0.6 is 0 Å². The average Bonchev–Trinajstić information content (AvgIpc) is 2.65. The van der Waals surface area contributed by atoms with E-state index in [1.807, 2.05) is 30.3 Å². The van der Waals surface area contributed by atoms with Crippen LogP contribution in [0.15, 0.2) is 84.2 Å². The molecule has 1 aliphatic carbocycles. The Labute approximate surface area is 145 Å². The lowest BCUT2D eigenvalue weighted by Crippen LogP contribution is -2.32. The van der Waals surface area contributed by atoms with E-state index in [0.717, 1.165) is 11.6 Å². The van der Waals surface area contributed by atoms with Gasteiger partial charge in [-0.1, -0.05) is 48.5 Å². The van der Waals surface area contributed by atoms with E-state index in [1.54, 1.807) is 30.3 Å². The minimum Gasteiger partial charge on any atom is -0.378 e. The van der Waals surface area contributed by atoms with Crippen LogP contribution in [0.2, 0.25) is 0 Å². The number of nitrogens with one attached hydrogen (secondary N) is 2. The van der Waals surface area contributed by atoms with Gasteiger partial charge in [-0.2, -0.15) is 0 Å². The second-order valence-electron chi connectivity index (χ2n) is 5.50. The third-order valence-electron chi connectivity index (χ3n) is 3.69. The first-order chi connectivity index (χ1) is 12.1. The number of benzene rings is 2. The minimum absolute atomic E-state index is 0.0240. The zero-order valence-electron chi connectivity index (χ0n) is 13.4. The van der Waals surface area contributed by atoms with Crippen molar-refractivity contribution >= 4 is 17.5 Å². The van der Waals surface area contributed by atoms with Crippen LogP contribution in [0, 0.1) is 0 Å². The molecule has 0 unspecified atom stereocenters. The van der Waals surface area contributed by atoms with Gasteiger partial charge in [0.1, 0.15) is 0 Å². The number of amides is 1. The van der Waals surface area contributed by atoms with E-state index in [2.05, 4.69) is 10.6 Å². The number of rotatable bonds is 5. The fourth-order valence-electron chi connectivity index (χ4n) is 2.37. The summed E-state index contributed by atoms with van der Waals surface area (Å²) in [5.74, 6) is -1.19. The summed E-state index contributed by atoms with van der Waals surface area (Å²) in [6.07, 6.45) is 2.36. The number of hydrogen-bond donors (Lipinski definition) is 2. The normalized spacial score (nSPS) is 13.8. The summed E-state index contributed by atoms with van der Waals surface area (Å²) in [6.45, 7) is 0.436. The van der Waals surface area contributed by atoms with Crippen LogP contribution in [0.1, 0.15) is 15.9 Å². The van der Waals surface area contributed by atoms with Crippen molar-refractivity contribution in [1.82, 2.24) is 10.6 Å². The molecule has 0 aliphatic heterocycles. The number of carbonyl (C=O) groups is 3. The molecule has 0 bridgehead atoms. The van der Waals surface area contributed by atoms with Gasteiger partial charge < -0.3 is 10.6 Å². The summed E-state index contributed by atoms with van der Waals surface area (Å²) in [5, 5.41) is 5.45. The molecule has 0 saturated heterocycles. The van der Waals surface area contributed by atoms with Gasteiger partial charge in [-0.05, 0) is 17.7 Å². The van der Waals surface area contributed by atoms with Crippen LogP contribution in [0.3, 0.4) is 0 Å². The Morgan fingerprint density at radius 2 is 1.32 bits per heavy atom. The highest BCUT2D eigenvalue weighted by Crippen LogP contribution is 2.10. The summed E-state index contributed by atoms with van der Waals surface area (Å²) in [7, 11) is 0. The maximum atomic E-state index is 12.2. The number of allylic oxidation sites excluding steroid dienone is 2. The molecule has 5 heteroatoms. The van der Waals surface area contributed by atoms with E-state index in [0.29, 0.717) is 12.1 Å². The molecule has 0 radical (unpaired) electrons. The number of ketones is 2. The predicted octanol–water partition coefficient (Wildman–Crippen LogP) is 2.13. The van der Waals surface area contributed by atoms with Crippen molar-refractivity contribution in [3.05, 3.63) is 95.3 Å². The van der Waals surface area contributed by atoms with Crippen LogP contribution in [-0.4, -0.2) is 17.5 Å². The van der Waals surface area contributed by atoms with E-state index in [9.17, 15) is 14.4 Å². The number of carbonyl (C=O) groups excluding carboxylic acids is 3. The van der Waals surface area contributed by atoms with Crippen molar-refractivity contribution in [1.29, 1.82) is 0 Å². The van der Waals surface area contributed by atoms with Crippen LogP contribution < -0.4 is 10.6 Å². The van der Waals surface area contributed by atoms with Crippen LogP contribution in [0.4, 0.5) is 0 Å². The maximum absolute atomic E-state index is 12.2. The fourth-order valence-corrected chi connectivity index (χ4v) is 2.37. The SMILES string of the molecule is O=C1C=C(NC(=O)c2ccccc2)C(=O)C=C1NCc1ccccc1. The smallest absolute Gasteiger partial charge is 0.255 e. The second kappa shape index (κ2) is 7.40. The number of hydrogen-bond acceptors (Lipinski definition) is 4.